The van der Waals surface area contributed by atoms with Gasteiger partial charge >= 0.3 is 17.9 Å². The van der Waals surface area contributed by atoms with Crippen molar-refractivity contribution in [3.8, 4) is 46.0 Å². The molecule has 8 aromatic carbocycles. The van der Waals surface area contributed by atoms with Crippen LogP contribution in [0.2, 0.25) is 0 Å². The number of nitrogens with zero attached hydrogens (tertiary/aromatic N) is 6. The van der Waals surface area contributed by atoms with Crippen molar-refractivity contribution in [3.05, 3.63) is 204 Å². The van der Waals surface area contributed by atoms with E-state index in [1.807, 2.05) is 63.2 Å². The summed E-state index contributed by atoms with van der Waals surface area (Å²) < 4.78 is 65.1. The summed E-state index contributed by atoms with van der Waals surface area (Å²) in [7, 11) is 3.33. The number of benzene rings is 8. The van der Waals surface area contributed by atoms with E-state index in [4.69, 9.17) is 56.8 Å². The van der Waals surface area contributed by atoms with Gasteiger partial charge in [0.05, 0.1) is 93.5 Å². The third kappa shape index (κ3) is 33.6. The lowest BCUT2D eigenvalue weighted by Crippen LogP contribution is -2.16. The minimum absolute atomic E-state index is 0.0225. The van der Waals surface area contributed by atoms with Gasteiger partial charge in [0, 0.05) is 41.7 Å². The fourth-order valence-corrected chi connectivity index (χ4v) is 10.3. The summed E-state index contributed by atoms with van der Waals surface area (Å²) in [6, 6.07) is 50.9. The Hall–Kier alpha value is -11.2. The van der Waals surface area contributed by atoms with Crippen molar-refractivity contribution >= 4 is 70.1 Å². The molecule has 0 aliphatic rings. The van der Waals surface area contributed by atoms with Gasteiger partial charge in [-0.05, 0) is 219 Å². The van der Waals surface area contributed by atoms with Gasteiger partial charge in [0.25, 0.3) is 6.47 Å². The summed E-state index contributed by atoms with van der Waals surface area (Å²) in [5.41, 5.74) is 7.61. The average Bonchev–Trinajstić information content (AvgIpc) is 0.812. The number of methoxy groups -OCH3 is 2. The SMILES string of the molecule is CC(=O)CCCOCC(=O)Oc1ccc(N=Nc2ccc(OC=O)c(C(C)(C)C)c2)cc1.CCCCCCC(=O)Oc1ccc(N=Nc2ccc(OC)c(C(C)(C)C)c2)cc1.COc1ccc(N=Nc2ccc(OC(=O)c3ccc(OCCOCCOCCOCCOc4ccc(C(C)=O)cc4)cc3)cc2)cc1C(C)(C)C. The van der Waals surface area contributed by atoms with Gasteiger partial charge in [0.2, 0.25) is 0 Å². The summed E-state index contributed by atoms with van der Waals surface area (Å²) in [5.74, 6) is 3.66. The molecule has 0 amide bonds. The molecule has 0 unspecified atom stereocenters. The number of esters is 3. The van der Waals surface area contributed by atoms with Crippen LogP contribution in [0.15, 0.2) is 207 Å². The molecule has 0 radical (unpaired) electrons. The molecule has 0 bridgehead atoms. The number of Topliss-reactive ketones (excluding diaryl/α,β-unsaturated/α-hetero) is 2. The number of hydrogen-bond acceptors (Lipinski definition) is 24. The van der Waals surface area contributed by atoms with Crippen molar-refractivity contribution in [2.24, 2.45) is 30.7 Å². The second kappa shape index (κ2) is 47.1. The summed E-state index contributed by atoms with van der Waals surface area (Å²) in [6.07, 6.45) is 5.70. The summed E-state index contributed by atoms with van der Waals surface area (Å²) in [4.78, 5) is 69.2. The quantitative estimate of drug-likeness (QED) is 0.00861. The maximum Gasteiger partial charge on any atom is 0.343 e. The highest BCUT2D eigenvalue weighted by Gasteiger charge is 2.23. The second-order valence-corrected chi connectivity index (χ2v) is 28.6. The van der Waals surface area contributed by atoms with Crippen LogP contribution in [-0.2, 0) is 54.4 Å². The van der Waals surface area contributed by atoms with Crippen LogP contribution < -0.4 is 37.9 Å². The van der Waals surface area contributed by atoms with Crippen molar-refractivity contribution in [2.75, 3.05) is 80.3 Å². The fourth-order valence-electron chi connectivity index (χ4n) is 10.3. The highest BCUT2D eigenvalue weighted by molar-refractivity contribution is 5.94. The Labute approximate surface area is 657 Å². The third-order valence-corrected chi connectivity index (χ3v) is 16.3. The van der Waals surface area contributed by atoms with Gasteiger partial charge in [-0.3, -0.25) is 14.4 Å². The topological polar surface area (TPSA) is 287 Å². The molecule has 0 saturated heterocycles. The predicted octanol–water partition coefficient (Wildman–Crippen LogP) is 20.8. The molecule has 0 fully saturated rings. The zero-order valence-electron chi connectivity index (χ0n) is 66.9. The molecule has 596 valence electrons. The molecule has 24 heteroatoms. The zero-order valence-corrected chi connectivity index (χ0v) is 66.9. The van der Waals surface area contributed by atoms with Gasteiger partial charge in [-0.15, -0.1) is 0 Å². The minimum Gasteiger partial charge on any atom is -0.496 e. The summed E-state index contributed by atoms with van der Waals surface area (Å²) in [6.45, 7) is 27.9. The van der Waals surface area contributed by atoms with E-state index in [1.54, 1.807) is 148 Å². The lowest BCUT2D eigenvalue weighted by Gasteiger charge is -2.22. The molecule has 0 saturated carbocycles. The van der Waals surface area contributed by atoms with E-state index in [0.29, 0.717) is 154 Å². The van der Waals surface area contributed by atoms with Crippen molar-refractivity contribution < 1.29 is 85.6 Å². The lowest BCUT2D eigenvalue weighted by molar-refractivity contribution is -0.139. The maximum absolute atomic E-state index is 12.7. The van der Waals surface area contributed by atoms with E-state index >= 15 is 0 Å². The van der Waals surface area contributed by atoms with E-state index in [1.165, 1.54) is 13.8 Å². The number of hydrogen-bond donors (Lipinski definition) is 0. The van der Waals surface area contributed by atoms with Crippen LogP contribution in [0.4, 0.5) is 34.1 Å². The van der Waals surface area contributed by atoms with E-state index in [0.717, 1.165) is 65.2 Å². The van der Waals surface area contributed by atoms with Crippen LogP contribution >= 0.6 is 0 Å². The van der Waals surface area contributed by atoms with Crippen LogP contribution in [0.25, 0.3) is 0 Å². The molecule has 0 atom stereocenters. The number of ketones is 2. The molecular formula is C88H106N6O18. The van der Waals surface area contributed by atoms with Crippen LogP contribution in [0, 0.1) is 0 Å². The van der Waals surface area contributed by atoms with Crippen LogP contribution in [0.5, 0.6) is 46.0 Å². The van der Waals surface area contributed by atoms with Crippen molar-refractivity contribution in [1.29, 1.82) is 0 Å². The molecule has 112 heavy (non-hydrogen) atoms. The normalized spacial score (nSPS) is 11.4. The molecule has 8 rings (SSSR count). The van der Waals surface area contributed by atoms with Gasteiger partial charge in [-0.1, -0.05) is 88.5 Å². The number of unbranched alkanes of at least 4 members (excludes halogenated alkanes) is 3. The van der Waals surface area contributed by atoms with E-state index in [-0.39, 0.29) is 40.4 Å². The van der Waals surface area contributed by atoms with Crippen LogP contribution in [-0.4, -0.2) is 116 Å². The van der Waals surface area contributed by atoms with Gasteiger partial charge in [0.1, 0.15) is 71.6 Å². The first-order valence-electron chi connectivity index (χ1n) is 37.2. The molecule has 0 aliphatic carbocycles. The van der Waals surface area contributed by atoms with Gasteiger partial charge in [0.15, 0.2) is 5.78 Å². The number of carbonyl (C=O) groups excluding carboxylic acids is 6. The van der Waals surface area contributed by atoms with Crippen LogP contribution in [0.1, 0.15) is 165 Å². The first kappa shape index (κ1) is 89.7. The molecule has 0 heterocycles. The third-order valence-electron chi connectivity index (χ3n) is 16.3. The number of ether oxygens (including phenoxy) is 12. The molecular weight excluding hydrogens is 1430 g/mol. The predicted molar refractivity (Wildman–Crippen MR) is 429 cm³/mol. The fraction of sp³-hybridized carbons (Fsp3) is 0.386. The van der Waals surface area contributed by atoms with Gasteiger partial charge in [-0.2, -0.15) is 30.7 Å². The average molecular weight is 1540 g/mol. The van der Waals surface area contributed by atoms with Crippen molar-refractivity contribution in [3.63, 3.8) is 0 Å². The Morgan fingerprint density at radius 2 is 0.714 bits per heavy atom. The first-order chi connectivity index (χ1) is 53.6. The van der Waals surface area contributed by atoms with Crippen LogP contribution in [0.3, 0.4) is 0 Å². The van der Waals surface area contributed by atoms with E-state index in [2.05, 4.69) is 79.2 Å². The number of azo groups is 3. The molecule has 0 aromatic heterocycles. The highest BCUT2D eigenvalue weighted by Crippen LogP contribution is 2.38. The van der Waals surface area contributed by atoms with Crippen molar-refractivity contribution in [1.82, 2.24) is 0 Å². The monoisotopic (exact) mass is 1530 g/mol. The molecule has 0 aliphatic heterocycles. The number of carbonyl (C=O) groups is 6. The smallest absolute Gasteiger partial charge is 0.343 e. The number of rotatable bonds is 40. The Morgan fingerprint density at radius 1 is 0.357 bits per heavy atom. The molecule has 0 spiro atoms. The Morgan fingerprint density at radius 3 is 1.10 bits per heavy atom. The Balaban J connectivity index is 0.000000277. The second-order valence-electron chi connectivity index (χ2n) is 28.6. The first-order valence-corrected chi connectivity index (χ1v) is 37.2. The maximum atomic E-state index is 12.7. The summed E-state index contributed by atoms with van der Waals surface area (Å²) in [5, 5.41) is 25.8. The standard InChI is InChI=1S/C40H46N2O9.C24H28N2O6.C24H32N2O3/c1-29(43)30-6-13-34(14-7-30)49-26-24-47-22-20-46-21-23-48-25-27-50-35-15-8-31(9-16-35)39(44)51-36-17-10-32(11-18-36)41-42-33-12-19-38(45-5)37(28-33)40(2,3)4;1-17(28)6-5-13-30-15-23(29)32-20-10-7-18(8-11-20)25-26-19-9-12-22(31-16-27)21(14-19)24(2,3)4;1-6-7-8-9-10-23(27)29-20-14-11-18(12-15-20)25-26-19-13-16-22(28-5)21(17-19)24(2,3)4/h6-19,28H,20-27H2,1-5H3;7-12,14,16H,5-6,13,15H2,1-4H3;11-17H,6-10H2,1-5H3. The molecule has 0 N–H and O–H groups in total. The summed E-state index contributed by atoms with van der Waals surface area (Å²) >= 11 is 0. The zero-order chi connectivity index (χ0) is 81.3. The van der Waals surface area contributed by atoms with Gasteiger partial charge < -0.3 is 61.6 Å². The highest BCUT2D eigenvalue weighted by atomic mass is 16.6. The molecule has 24 nitrogen and oxygen atoms in total. The minimum atomic E-state index is -0.519. The lowest BCUT2D eigenvalue weighted by atomic mass is 9.86. The van der Waals surface area contributed by atoms with E-state index in [9.17, 15) is 28.8 Å². The van der Waals surface area contributed by atoms with Crippen molar-refractivity contribution in [2.45, 2.75) is 144 Å². The largest absolute Gasteiger partial charge is 0.496 e. The Kier molecular flexibility index (Phi) is 37.7. The molecule has 8 aromatic rings. The van der Waals surface area contributed by atoms with E-state index < -0.39 is 11.9 Å². The van der Waals surface area contributed by atoms with Gasteiger partial charge in [-0.25, -0.2) is 9.59 Å². The Bertz CT molecular complexity index is 4330.